The van der Waals surface area contributed by atoms with E-state index >= 15 is 0 Å². The van der Waals surface area contributed by atoms with Crippen molar-refractivity contribution in [3.8, 4) is 5.75 Å². The van der Waals surface area contributed by atoms with E-state index in [1.165, 1.54) is 39.1 Å². The second kappa shape index (κ2) is 4.59. The second-order valence-electron chi connectivity index (χ2n) is 3.48. The van der Waals surface area contributed by atoms with E-state index in [-0.39, 0.29) is 6.79 Å². The van der Waals surface area contributed by atoms with Crippen molar-refractivity contribution >= 4 is 3.27 Å². The molecule has 0 aliphatic rings. The summed E-state index contributed by atoms with van der Waals surface area (Å²) in [6.45, 7) is 8.05. The van der Waals surface area contributed by atoms with Gasteiger partial charge in [-0.3, -0.25) is 0 Å². The monoisotopic (exact) mass is 269 g/mol. The van der Waals surface area contributed by atoms with Crippen LogP contribution in [0.15, 0.2) is 0 Å². The quantitative estimate of drug-likeness (QED) is 0.824. The third kappa shape index (κ3) is 1.94. The molecule has 0 amide bonds. The first-order valence-electron chi connectivity index (χ1n) is 4.56. The average molecular weight is 270 g/mol. The number of aliphatic hydroxyl groups is 1. The molecule has 0 saturated carbocycles. The van der Waals surface area contributed by atoms with Crippen molar-refractivity contribution in [3.63, 3.8) is 0 Å². The molecular formula is C11H15O2Zr. The molecule has 1 aromatic rings. The Morgan fingerprint density at radius 2 is 1.43 bits per heavy atom. The SMILES string of the molecule is Cc1c(C)c(OCO)c(C)c(C)[c]1[Zr]. The van der Waals surface area contributed by atoms with E-state index in [9.17, 15) is 0 Å². The van der Waals surface area contributed by atoms with E-state index in [2.05, 4.69) is 13.8 Å². The molecule has 75 valence electrons. The Kier molecular flexibility index (Phi) is 3.91. The minimum absolute atomic E-state index is 0.253. The van der Waals surface area contributed by atoms with Crippen molar-refractivity contribution in [2.75, 3.05) is 6.79 Å². The molecule has 0 radical (unpaired) electrons. The van der Waals surface area contributed by atoms with Gasteiger partial charge in [0.25, 0.3) is 0 Å². The van der Waals surface area contributed by atoms with E-state index < -0.39 is 0 Å². The first-order chi connectivity index (χ1) is 6.50. The summed E-state index contributed by atoms with van der Waals surface area (Å²) in [5.74, 6) is 0.841. The van der Waals surface area contributed by atoms with Gasteiger partial charge >= 0.3 is 100 Å². The minimum atomic E-state index is -0.253. The molecule has 1 N–H and O–H groups in total. The van der Waals surface area contributed by atoms with Gasteiger partial charge in [0, 0.05) is 0 Å². The summed E-state index contributed by atoms with van der Waals surface area (Å²) in [6.07, 6.45) is 0. The molecule has 0 aliphatic heterocycles. The van der Waals surface area contributed by atoms with Crippen molar-refractivity contribution < 1.29 is 34.6 Å². The van der Waals surface area contributed by atoms with Crippen molar-refractivity contribution in [2.45, 2.75) is 27.7 Å². The van der Waals surface area contributed by atoms with Crippen molar-refractivity contribution in [1.82, 2.24) is 0 Å². The first-order valence-corrected chi connectivity index (χ1v) is 5.79. The Morgan fingerprint density at radius 1 is 1.00 bits per heavy atom. The summed E-state index contributed by atoms with van der Waals surface area (Å²) >= 11 is 1.43. The molecule has 0 fully saturated rings. The van der Waals surface area contributed by atoms with Gasteiger partial charge in [-0.15, -0.1) is 0 Å². The van der Waals surface area contributed by atoms with Crippen LogP contribution in [0.3, 0.4) is 0 Å². The number of hydrogen-bond donors (Lipinski definition) is 1. The Labute approximate surface area is 100 Å². The zero-order chi connectivity index (χ0) is 10.9. The van der Waals surface area contributed by atoms with Gasteiger partial charge in [-0.05, 0) is 0 Å². The number of benzene rings is 1. The van der Waals surface area contributed by atoms with Gasteiger partial charge in [-0.2, -0.15) is 0 Å². The predicted octanol–water partition coefficient (Wildman–Crippen LogP) is 1.42. The van der Waals surface area contributed by atoms with Crippen molar-refractivity contribution in [3.05, 3.63) is 22.3 Å². The zero-order valence-electron chi connectivity index (χ0n) is 9.06. The van der Waals surface area contributed by atoms with Crippen LogP contribution in [0.2, 0.25) is 0 Å². The van der Waals surface area contributed by atoms with Crippen LogP contribution in [0, 0.1) is 27.7 Å². The molecule has 0 aromatic heterocycles. The van der Waals surface area contributed by atoms with Gasteiger partial charge in [-0.25, -0.2) is 0 Å². The molecule has 0 heterocycles. The Morgan fingerprint density at radius 3 is 1.79 bits per heavy atom. The molecule has 2 nitrogen and oxygen atoms in total. The Hall–Kier alpha value is -0.137. The third-order valence-corrected chi connectivity index (χ3v) is 4.61. The summed E-state index contributed by atoms with van der Waals surface area (Å²) in [6, 6.07) is 0. The van der Waals surface area contributed by atoms with Crippen molar-refractivity contribution in [2.24, 2.45) is 0 Å². The van der Waals surface area contributed by atoms with E-state index in [1.54, 1.807) is 0 Å². The molecule has 0 spiro atoms. The standard InChI is InChI=1S/C11H15O2.Zr/c1-7-5-8(2)10(4)11(9(7)3)13-6-12;/h12H,6H2,1-4H3;. The van der Waals surface area contributed by atoms with E-state index in [1.807, 2.05) is 13.8 Å². The number of aliphatic hydroxyl groups excluding tert-OH is 1. The molecule has 0 saturated heterocycles. The van der Waals surface area contributed by atoms with E-state index in [4.69, 9.17) is 9.84 Å². The number of hydrogen-bond acceptors (Lipinski definition) is 2. The molecule has 1 rings (SSSR count). The molecular weight excluding hydrogens is 255 g/mol. The van der Waals surface area contributed by atoms with Crippen molar-refractivity contribution in [1.29, 1.82) is 0 Å². The molecule has 0 atom stereocenters. The molecule has 14 heavy (non-hydrogen) atoms. The number of rotatable bonds is 2. The molecule has 1 aromatic carbocycles. The zero-order valence-corrected chi connectivity index (χ0v) is 11.5. The Balaban J connectivity index is 3.43. The fraction of sp³-hybridized carbons (Fsp3) is 0.455. The van der Waals surface area contributed by atoms with Gasteiger partial charge < -0.3 is 0 Å². The van der Waals surface area contributed by atoms with Crippen LogP contribution >= 0.6 is 0 Å². The normalized spacial score (nSPS) is 10.3. The fourth-order valence-corrected chi connectivity index (χ4v) is 2.48. The van der Waals surface area contributed by atoms with Crippen LogP contribution in [0.4, 0.5) is 0 Å². The molecule has 0 aliphatic carbocycles. The predicted molar refractivity (Wildman–Crippen MR) is 52.7 cm³/mol. The van der Waals surface area contributed by atoms with Crippen LogP contribution < -0.4 is 8.01 Å². The van der Waals surface area contributed by atoms with E-state index in [0.717, 1.165) is 16.9 Å². The topological polar surface area (TPSA) is 29.5 Å². The number of ether oxygens (including phenoxy) is 1. The van der Waals surface area contributed by atoms with E-state index in [0.29, 0.717) is 0 Å². The second-order valence-corrected chi connectivity index (χ2v) is 4.71. The Bertz CT molecular complexity index is 330. The van der Waals surface area contributed by atoms with Crippen LogP contribution in [0.1, 0.15) is 22.3 Å². The molecule has 3 heteroatoms. The molecule has 0 bridgehead atoms. The van der Waals surface area contributed by atoms with Crippen LogP contribution in [0.5, 0.6) is 5.75 Å². The summed E-state index contributed by atoms with van der Waals surface area (Å²) < 4.78 is 6.65. The summed E-state index contributed by atoms with van der Waals surface area (Å²) in [5.41, 5.74) is 4.87. The van der Waals surface area contributed by atoms with Gasteiger partial charge in [0.2, 0.25) is 0 Å². The maximum absolute atomic E-state index is 8.80. The van der Waals surface area contributed by atoms with Crippen LogP contribution in [-0.2, 0) is 24.7 Å². The van der Waals surface area contributed by atoms with Gasteiger partial charge in [-0.1, -0.05) is 0 Å². The fourth-order valence-electron chi connectivity index (χ4n) is 1.56. The summed E-state index contributed by atoms with van der Waals surface area (Å²) in [5, 5.41) is 8.80. The van der Waals surface area contributed by atoms with Crippen LogP contribution in [0.25, 0.3) is 0 Å². The average Bonchev–Trinajstić information content (AvgIpc) is 2.19. The van der Waals surface area contributed by atoms with Gasteiger partial charge in [0.05, 0.1) is 0 Å². The maximum atomic E-state index is 8.80. The summed E-state index contributed by atoms with van der Waals surface area (Å²) in [7, 11) is 0. The molecule has 0 unspecified atom stereocenters. The summed E-state index contributed by atoms with van der Waals surface area (Å²) in [4.78, 5) is 0. The van der Waals surface area contributed by atoms with Gasteiger partial charge in [0.15, 0.2) is 0 Å². The third-order valence-electron chi connectivity index (χ3n) is 2.77. The van der Waals surface area contributed by atoms with Crippen LogP contribution in [-0.4, -0.2) is 11.9 Å². The first kappa shape index (κ1) is 11.9. The van der Waals surface area contributed by atoms with Gasteiger partial charge in [0.1, 0.15) is 0 Å².